The molecule has 3 aromatic rings. The van der Waals surface area contributed by atoms with Gasteiger partial charge in [-0.05, 0) is 36.3 Å². The highest BCUT2D eigenvalue weighted by molar-refractivity contribution is 5.99. The Balaban J connectivity index is 1.55. The lowest BCUT2D eigenvalue weighted by Crippen LogP contribution is -2.35. The number of nitrogens with zero attached hydrogens (tertiary/aromatic N) is 2. The van der Waals surface area contributed by atoms with E-state index in [1.807, 2.05) is 71.6 Å². The molecule has 0 fully saturated rings. The van der Waals surface area contributed by atoms with Crippen LogP contribution in [0.1, 0.15) is 16.8 Å². The Morgan fingerprint density at radius 2 is 1.75 bits per heavy atom. The van der Waals surface area contributed by atoms with Crippen LogP contribution in [0.15, 0.2) is 84.6 Å². The number of hydrogen-bond acceptors (Lipinski definition) is 3. The number of rotatable bonds is 6. The van der Waals surface area contributed by atoms with Crippen molar-refractivity contribution in [1.82, 2.24) is 9.88 Å². The minimum Gasteiger partial charge on any atom is -0.488 e. The first-order valence-electron chi connectivity index (χ1n) is 9.45. The number of aromatic nitrogens is 1. The van der Waals surface area contributed by atoms with E-state index in [0.717, 1.165) is 23.4 Å². The minimum absolute atomic E-state index is 0.00362. The van der Waals surface area contributed by atoms with Crippen molar-refractivity contribution in [2.24, 2.45) is 0 Å². The Kier molecular flexibility index (Phi) is 5.48. The third kappa shape index (κ3) is 4.29. The topological polar surface area (TPSA) is 42.4 Å². The second-order valence-electron chi connectivity index (χ2n) is 6.78. The standard InChI is InChI=1S/C24H22N2O2/c27-24(21-16-20-10-4-5-12-23(20)28-18-21)26(17-22-11-6-7-14-25-22)15-13-19-8-2-1-3-9-19/h1-12,14,16H,13,15,17-18H2. The molecule has 1 aliphatic rings. The molecule has 0 atom stereocenters. The summed E-state index contributed by atoms with van der Waals surface area (Å²) in [4.78, 5) is 19.5. The molecule has 2 aromatic carbocycles. The fraction of sp³-hybridized carbons (Fsp3) is 0.167. The molecule has 4 heteroatoms. The van der Waals surface area contributed by atoms with Gasteiger partial charge in [0.2, 0.25) is 0 Å². The maximum absolute atomic E-state index is 13.3. The lowest BCUT2D eigenvalue weighted by atomic mass is 10.1. The van der Waals surface area contributed by atoms with E-state index >= 15 is 0 Å². The summed E-state index contributed by atoms with van der Waals surface area (Å²) in [5.74, 6) is 0.815. The fourth-order valence-electron chi connectivity index (χ4n) is 3.29. The van der Waals surface area contributed by atoms with Crippen LogP contribution in [0.5, 0.6) is 5.75 Å². The number of carbonyl (C=O) groups is 1. The first-order valence-corrected chi connectivity index (χ1v) is 9.45. The quantitative estimate of drug-likeness (QED) is 0.655. The van der Waals surface area contributed by atoms with Gasteiger partial charge in [0.05, 0.1) is 17.8 Å². The Morgan fingerprint density at radius 3 is 2.57 bits per heavy atom. The van der Waals surface area contributed by atoms with Crippen molar-refractivity contribution >= 4 is 12.0 Å². The maximum atomic E-state index is 13.3. The van der Waals surface area contributed by atoms with E-state index in [0.29, 0.717) is 25.3 Å². The summed E-state index contributed by atoms with van der Waals surface area (Å²) < 4.78 is 5.79. The molecule has 0 saturated carbocycles. The first kappa shape index (κ1) is 18.0. The van der Waals surface area contributed by atoms with E-state index in [-0.39, 0.29) is 5.91 Å². The van der Waals surface area contributed by atoms with E-state index in [2.05, 4.69) is 17.1 Å². The van der Waals surface area contributed by atoms with Gasteiger partial charge in [0.1, 0.15) is 12.4 Å². The predicted molar refractivity (Wildman–Crippen MR) is 110 cm³/mol. The average Bonchev–Trinajstić information content (AvgIpc) is 2.77. The molecule has 1 aliphatic heterocycles. The second-order valence-corrected chi connectivity index (χ2v) is 6.78. The highest BCUT2D eigenvalue weighted by atomic mass is 16.5. The van der Waals surface area contributed by atoms with Gasteiger partial charge in [-0.15, -0.1) is 0 Å². The third-order valence-electron chi connectivity index (χ3n) is 4.79. The Labute approximate surface area is 165 Å². The molecule has 0 aliphatic carbocycles. The minimum atomic E-state index is -0.00362. The average molecular weight is 370 g/mol. The van der Waals surface area contributed by atoms with Gasteiger partial charge >= 0.3 is 0 Å². The monoisotopic (exact) mass is 370 g/mol. The lowest BCUT2D eigenvalue weighted by Gasteiger charge is -2.26. The molecule has 140 valence electrons. The number of para-hydroxylation sites is 1. The Hall–Kier alpha value is -3.40. The molecule has 1 aromatic heterocycles. The number of amides is 1. The van der Waals surface area contributed by atoms with Gasteiger partial charge < -0.3 is 9.64 Å². The van der Waals surface area contributed by atoms with Crippen molar-refractivity contribution in [1.29, 1.82) is 0 Å². The Morgan fingerprint density at radius 1 is 0.964 bits per heavy atom. The molecule has 1 amide bonds. The number of hydrogen-bond donors (Lipinski definition) is 0. The summed E-state index contributed by atoms with van der Waals surface area (Å²) in [6, 6.07) is 23.8. The number of ether oxygens (including phenoxy) is 1. The predicted octanol–water partition coefficient (Wildman–Crippen LogP) is 4.13. The van der Waals surface area contributed by atoms with Crippen LogP contribution in [0.3, 0.4) is 0 Å². The smallest absolute Gasteiger partial charge is 0.253 e. The number of carbonyl (C=O) groups excluding carboxylic acids is 1. The summed E-state index contributed by atoms with van der Waals surface area (Å²) >= 11 is 0. The molecule has 4 nitrogen and oxygen atoms in total. The normalized spacial score (nSPS) is 12.5. The van der Waals surface area contributed by atoms with Crippen molar-refractivity contribution in [3.63, 3.8) is 0 Å². The SMILES string of the molecule is O=C(C1=Cc2ccccc2OC1)N(CCc1ccccc1)Cc1ccccn1. The highest BCUT2D eigenvalue weighted by Gasteiger charge is 2.22. The van der Waals surface area contributed by atoms with Crippen LogP contribution in [-0.4, -0.2) is 28.9 Å². The summed E-state index contributed by atoms with van der Waals surface area (Å²) in [6.45, 7) is 1.39. The van der Waals surface area contributed by atoms with Gasteiger partial charge in [0.15, 0.2) is 0 Å². The fourth-order valence-corrected chi connectivity index (χ4v) is 3.29. The molecule has 0 saturated heterocycles. The molecule has 0 bridgehead atoms. The summed E-state index contributed by atoms with van der Waals surface area (Å²) in [5, 5.41) is 0. The zero-order valence-electron chi connectivity index (χ0n) is 15.6. The third-order valence-corrected chi connectivity index (χ3v) is 4.79. The highest BCUT2D eigenvalue weighted by Crippen LogP contribution is 2.26. The first-order chi connectivity index (χ1) is 13.8. The van der Waals surface area contributed by atoms with E-state index in [1.54, 1.807) is 6.20 Å². The van der Waals surface area contributed by atoms with E-state index in [9.17, 15) is 4.79 Å². The van der Waals surface area contributed by atoms with Crippen LogP contribution < -0.4 is 4.74 Å². The van der Waals surface area contributed by atoms with E-state index in [1.165, 1.54) is 5.56 Å². The van der Waals surface area contributed by atoms with Crippen LogP contribution in [0, 0.1) is 0 Å². The van der Waals surface area contributed by atoms with Crippen LogP contribution in [0.4, 0.5) is 0 Å². The molecule has 0 spiro atoms. The Bertz CT molecular complexity index is 968. The zero-order chi connectivity index (χ0) is 19.2. The van der Waals surface area contributed by atoms with Gasteiger partial charge in [-0.2, -0.15) is 0 Å². The molecule has 0 radical (unpaired) electrons. The van der Waals surface area contributed by atoms with E-state index in [4.69, 9.17) is 4.74 Å². The van der Waals surface area contributed by atoms with Crippen molar-refractivity contribution in [2.75, 3.05) is 13.2 Å². The molecule has 0 N–H and O–H groups in total. The van der Waals surface area contributed by atoms with Crippen molar-refractivity contribution in [3.05, 3.63) is 101 Å². The maximum Gasteiger partial charge on any atom is 0.253 e. The van der Waals surface area contributed by atoms with Crippen molar-refractivity contribution in [3.8, 4) is 5.75 Å². The zero-order valence-corrected chi connectivity index (χ0v) is 15.6. The van der Waals surface area contributed by atoms with Gasteiger partial charge in [0, 0.05) is 18.3 Å². The largest absolute Gasteiger partial charge is 0.488 e. The van der Waals surface area contributed by atoms with Crippen molar-refractivity contribution in [2.45, 2.75) is 13.0 Å². The number of benzene rings is 2. The number of pyridine rings is 1. The van der Waals surface area contributed by atoms with E-state index < -0.39 is 0 Å². The summed E-state index contributed by atoms with van der Waals surface area (Å²) in [7, 11) is 0. The van der Waals surface area contributed by atoms with Gasteiger partial charge in [-0.25, -0.2) is 0 Å². The molecule has 4 rings (SSSR count). The molecular weight excluding hydrogens is 348 g/mol. The van der Waals surface area contributed by atoms with Gasteiger partial charge in [-0.1, -0.05) is 54.6 Å². The number of fused-ring (bicyclic) bond motifs is 1. The summed E-state index contributed by atoms with van der Waals surface area (Å²) in [5.41, 5.74) is 3.70. The van der Waals surface area contributed by atoms with Crippen molar-refractivity contribution < 1.29 is 9.53 Å². The second kappa shape index (κ2) is 8.53. The molecule has 0 unspecified atom stereocenters. The molecular formula is C24H22N2O2. The van der Waals surface area contributed by atoms with Crippen LogP contribution >= 0.6 is 0 Å². The lowest BCUT2D eigenvalue weighted by molar-refractivity contribution is -0.128. The molecule has 2 heterocycles. The van der Waals surface area contributed by atoms with Crippen LogP contribution in [0.25, 0.3) is 6.08 Å². The van der Waals surface area contributed by atoms with Crippen LogP contribution in [0.2, 0.25) is 0 Å². The van der Waals surface area contributed by atoms with Gasteiger partial charge in [0.25, 0.3) is 5.91 Å². The summed E-state index contributed by atoms with van der Waals surface area (Å²) in [6.07, 6.45) is 4.49. The van der Waals surface area contributed by atoms with Crippen LogP contribution in [-0.2, 0) is 17.8 Å². The molecule has 28 heavy (non-hydrogen) atoms. The van der Waals surface area contributed by atoms with Gasteiger partial charge in [-0.3, -0.25) is 9.78 Å².